The molecule has 0 radical (unpaired) electrons. The number of nitro benzene ring substituents is 1. The van der Waals surface area contributed by atoms with Crippen molar-refractivity contribution in [2.45, 2.75) is 12.5 Å². The number of benzene rings is 1. The van der Waals surface area contributed by atoms with Gasteiger partial charge in [-0.2, -0.15) is 0 Å². The van der Waals surface area contributed by atoms with Crippen LogP contribution < -0.4 is 10.1 Å². The first-order valence-corrected chi connectivity index (χ1v) is 6.00. The van der Waals surface area contributed by atoms with Crippen molar-refractivity contribution in [3.63, 3.8) is 0 Å². The van der Waals surface area contributed by atoms with Gasteiger partial charge in [0.05, 0.1) is 24.0 Å². The molecule has 7 heteroatoms. The Morgan fingerprint density at radius 1 is 1.45 bits per heavy atom. The largest absolute Gasteiger partial charge is 0.496 e. The van der Waals surface area contributed by atoms with Gasteiger partial charge in [0, 0.05) is 23.9 Å². The molecule has 1 aromatic carbocycles. The van der Waals surface area contributed by atoms with Crippen molar-refractivity contribution in [2.75, 3.05) is 12.4 Å². The first-order valence-electron chi connectivity index (χ1n) is 6.00. The van der Waals surface area contributed by atoms with Gasteiger partial charge < -0.3 is 15.2 Å². The predicted octanol–water partition coefficient (Wildman–Crippen LogP) is 2.04. The van der Waals surface area contributed by atoms with Crippen molar-refractivity contribution in [1.82, 2.24) is 0 Å². The Labute approximate surface area is 115 Å². The molecule has 2 N–H and O–H groups in total. The smallest absolute Gasteiger partial charge is 0.310 e. The first-order chi connectivity index (χ1) is 9.49. The molecule has 0 fully saturated rings. The molecule has 2 rings (SSSR count). The number of carbonyl (C=O) groups is 1. The standard InChI is InChI=1S/C13H14N2O5/c1-20-12-6-10(5-11(7-12)15(18)19)14-9-3-2-8(4-9)13(16)17/h2-3,5-9,14H,4H2,1H3,(H,16,17). The molecule has 0 bridgehead atoms. The number of hydrogen-bond acceptors (Lipinski definition) is 5. The van der Waals surface area contributed by atoms with Crippen LogP contribution in [0, 0.1) is 16.0 Å². The number of nitrogens with zero attached hydrogens (tertiary/aromatic N) is 1. The number of carboxylic acid groups (broad SMARTS) is 1. The van der Waals surface area contributed by atoms with Gasteiger partial charge in [-0.25, -0.2) is 0 Å². The summed E-state index contributed by atoms with van der Waals surface area (Å²) < 4.78 is 5.01. The molecule has 0 saturated heterocycles. The second-order valence-electron chi connectivity index (χ2n) is 4.49. The summed E-state index contributed by atoms with van der Waals surface area (Å²) in [6.07, 6.45) is 3.79. The Bertz CT molecular complexity index is 570. The molecular formula is C13H14N2O5. The third-order valence-electron chi connectivity index (χ3n) is 3.09. The maximum atomic E-state index is 10.9. The summed E-state index contributed by atoms with van der Waals surface area (Å²) in [5.41, 5.74) is 0.445. The number of anilines is 1. The minimum absolute atomic E-state index is 0.0800. The Morgan fingerprint density at radius 2 is 2.20 bits per heavy atom. The molecule has 2 unspecified atom stereocenters. The fraction of sp³-hybridized carbons (Fsp3) is 0.308. The Morgan fingerprint density at radius 3 is 2.75 bits per heavy atom. The predicted molar refractivity (Wildman–Crippen MR) is 71.9 cm³/mol. The third-order valence-corrected chi connectivity index (χ3v) is 3.09. The van der Waals surface area contributed by atoms with Crippen LogP contribution in [0.1, 0.15) is 6.42 Å². The van der Waals surface area contributed by atoms with Gasteiger partial charge in [-0.15, -0.1) is 0 Å². The van der Waals surface area contributed by atoms with Crippen LogP contribution in [-0.4, -0.2) is 29.2 Å². The molecule has 0 saturated carbocycles. The van der Waals surface area contributed by atoms with E-state index in [2.05, 4.69) is 5.32 Å². The number of aliphatic carboxylic acids is 1. The summed E-state index contributed by atoms with van der Waals surface area (Å²) in [6.45, 7) is 0. The maximum Gasteiger partial charge on any atom is 0.310 e. The molecule has 20 heavy (non-hydrogen) atoms. The molecule has 1 aliphatic carbocycles. The van der Waals surface area contributed by atoms with Crippen molar-refractivity contribution >= 4 is 17.3 Å². The van der Waals surface area contributed by atoms with Crippen molar-refractivity contribution in [2.24, 2.45) is 5.92 Å². The zero-order chi connectivity index (χ0) is 14.7. The highest BCUT2D eigenvalue weighted by Gasteiger charge is 2.24. The average Bonchev–Trinajstić information content (AvgIpc) is 2.87. The van der Waals surface area contributed by atoms with Gasteiger partial charge in [-0.1, -0.05) is 12.2 Å². The third kappa shape index (κ3) is 3.05. The topological polar surface area (TPSA) is 102 Å². The van der Waals surface area contributed by atoms with Crippen LogP contribution in [0.15, 0.2) is 30.4 Å². The van der Waals surface area contributed by atoms with Crippen LogP contribution in [0.4, 0.5) is 11.4 Å². The molecule has 0 spiro atoms. The molecule has 1 aromatic rings. The van der Waals surface area contributed by atoms with Crippen LogP contribution in [0.5, 0.6) is 5.75 Å². The zero-order valence-corrected chi connectivity index (χ0v) is 10.8. The van der Waals surface area contributed by atoms with Gasteiger partial charge in [0.15, 0.2) is 0 Å². The minimum Gasteiger partial charge on any atom is -0.496 e. The van der Waals surface area contributed by atoms with Gasteiger partial charge >= 0.3 is 5.97 Å². The highest BCUT2D eigenvalue weighted by molar-refractivity contribution is 5.73. The number of nitrogens with one attached hydrogen (secondary N) is 1. The number of methoxy groups -OCH3 is 1. The Hall–Kier alpha value is -2.57. The number of non-ortho nitro benzene ring substituents is 1. The fourth-order valence-electron chi connectivity index (χ4n) is 2.09. The van der Waals surface area contributed by atoms with Crippen molar-refractivity contribution in [3.8, 4) is 5.75 Å². The van der Waals surface area contributed by atoms with Gasteiger partial charge in [-0.3, -0.25) is 14.9 Å². The number of carboxylic acids is 1. The van der Waals surface area contributed by atoms with E-state index in [1.54, 1.807) is 18.2 Å². The van der Waals surface area contributed by atoms with E-state index in [-0.39, 0.29) is 11.7 Å². The number of hydrogen-bond donors (Lipinski definition) is 2. The van der Waals surface area contributed by atoms with Gasteiger partial charge in [0.1, 0.15) is 5.75 Å². The van der Waals surface area contributed by atoms with Gasteiger partial charge in [0.25, 0.3) is 5.69 Å². The highest BCUT2D eigenvalue weighted by Crippen LogP contribution is 2.28. The van der Waals surface area contributed by atoms with Crippen molar-refractivity contribution < 1.29 is 19.6 Å². The summed E-state index contributed by atoms with van der Waals surface area (Å²) in [6, 6.07) is 4.19. The van der Waals surface area contributed by atoms with E-state index in [9.17, 15) is 14.9 Å². The van der Waals surface area contributed by atoms with Crippen LogP contribution in [-0.2, 0) is 4.79 Å². The van der Waals surface area contributed by atoms with Crippen LogP contribution in [0.25, 0.3) is 0 Å². The lowest BCUT2D eigenvalue weighted by atomic mass is 10.1. The fourth-order valence-corrected chi connectivity index (χ4v) is 2.09. The van der Waals surface area contributed by atoms with E-state index in [0.717, 1.165) is 0 Å². The molecule has 106 valence electrons. The second-order valence-corrected chi connectivity index (χ2v) is 4.49. The summed E-state index contributed by atoms with van der Waals surface area (Å²) in [5, 5.41) is 22.8. The summed E-state index contributed by atoms with van der Waals surface area (Å²) >= 11 is 0. The van der Waals surface area contributed by atoms with Gasteiger partial charge in [0.2, 0.25) is 0 Å². The summed E-state index contributed by atoms with van der Waals surface area (Å²) in [7, 11) is 1.43. The van der Waals surface area contributed by atoms with E-state index in [1.165, 1.54) is 19.2 Å². The SMILES string of the molecule is COc1cc(NC2C=CC(C(=O)O)C2)cc([N+](=O)[O-])c1. The number of ether oxygens (including phenoxy) is 1. The molecule has 0 heterocycles. The molecular weight excluding hydrogens is 264 g/mol. The van der Waals surface area contributed by atoms with Crippen molar-refractivity contribution in [3.05, 3.63) is 40.5 Å². The molecule has 0 aliphatic heterocycles. The molecule has 0 aromatic heterocycles. The molecule has 1 aliphatic rings. The average molecular weight is 278 g/mol. The quantitative estimate of drug-likeness (QED) is 0.485. The highest BCUT2D eigenvalue weighted by atomic mass is 16.6. The van der Waals surface area contributed by atoms with E-state index in [1.807, 2.05) is 0 Å². The lowest BCUT2D eigenvalue weighted by Crippen LogP contribution is -2.18. The Kier molecular flexibility index (Phi) is 3.88. The normalized spacial score (nSPS) is 20.6. The number of nitro groups is 1. The maximum absolute atomic E-state index is 10.9. The molecule has 7 nitrogen and oxygen atoms in total. The second kappa shape index (κ2) is 5.60. The number of rotatable bonds is 5. The van der Waals surface area contributed by atoms with E-state index < -0.39 is 16.8 Å². The summed E-state index contributed by atoms with van der Waals surface area (Å²) in [4.78, 5) is 21.2. The van der Waals surface area contributed by atoms with E-state index in [4.69, 9.17) is 9.84 Å². The van der Waals surface area contributed by atoms with Gasteiger partial charge in [-0.05, 0) is 6.42 Å². The monoisotopic (exact) mass is 278 g/mol. The van der Waals surface area contributed by atoms with E-state index in [0.29, 0.717) is 17.9 Å². The molecule has 0 amide bonds. The Balaban J connectivity index is 2.14. The van der Waals surface area contributed by atoms with Crippen LogP contribution in [0.2, 0.25) is 0 Å². The minimum atomic E-state index is -0.873. The van der Waals surface area contributed by atoms with Crippen LogP contribution in [0.3, 0.4) is 0 Å². The lowest BCUT2D eigenvalue weighted by molar-refractivity contribution is -0.384. The lowest BCUT2D eigenvalue weighted by Gasteiger charge is -2.14. The van der Waals surface area contributed by atoms with Crippen LogP contribution >= 0.6 is 0 Å². The molecule has 2 atom stereocenters. The first kappa shape index (κ1) is 13.9. The van der Waals surface area contributed by atoms with E-state index >= 15 is 0 Å². The van der Waals surface area contributed by atoms with Crippen molar-refractivity contribution in [1.29, 1.82) is 0 Å². The summed E-state index contributed by atoms with van der Waals surface area (Å²) in [5.74, 6) is -1.02. The zero-order valence-electron chi connectivity index (χ0n) is 10.8.